The van der Waals surface area contributed by atoms with Gasteiger partial charge in [0.1, 0.15) is 0 Å². The van der Waals surface area contributed by atoms with E-state index in [2.05, 4.69) is 0 Å². The third-order valence-corrected chi connectivity index (χ3v) is 3.56. The number of hydrogen-bond acceptors (Lipinski definition) is 4. The Balaban J connectivity index is 2.71. The van der Waals surface area contributed by atoms with Gasteiger partial charge in [0.15, 0.2) is 0 Å². The Labute approximate surface area is 114 Å². The lowest BCUT2D eigenvalue weighted by molar-refractivity contribution is -0.143. The quantitative estimate of drug-likeness (QED) is 0.688. The van der Waals surface area contributed by atoms with Crippen LogP contribution in [-0.2, 0) is 14.3 Å². The number of rotatable bonds is 7. The average molecular weight is 271 g/mol. The lowest BCUT2D eigenvalue weighted by atomic mass is 9.95. The van der Waals surface area contributed by atoms with Gasteiger partial charge < -0.3 is 20.3 Å². The first-order chi connectivity index (χ1) is 8.80. The number of carbonyl (C=O) groups excluding carboxylic acids is 2. The molecular formula is C13H25N3O3. The third kappa shape index (κ3) is 4.18. The zero-order valence-electron chi connectivity index (χ0n) is 12.3. The molecule has 0 heterocycles. The highest BCUT2D eigenvalue weighted by Gasteiger charge is 2.46. The molecule has 2 amide bonds. The van der Waals surface area contributed by atoms with Gasteiger partial charge in [-0.1, -0.05) is 0 Å². The molecule has 1 atom stereocenters. The Morgan fingerprint density at radius 1 is 1.37 bits per heavy atom. The first-order valence-electron chi connectivity index (χ1n) is 6.58. The van der Waals surface area contributed by atoms with Crippen molar-refractivity contribution < 1.29 is 14.3 Å². The van der Waals surface area contributed by atoms with Crippen LogP contribution in [0.15, 0.2) is 0 Å². The second-order valence-corrected chi connectivity index (χ2v) is 5.56. The van der Waals surface area contributed by atoms with Crippen LogP contribution in [0.4, 0.5) is 0 Å². The summed E-state index contributed by atoms with van der Waals surface area (Å²) in [6.07, 6.45) is 1.97. The first-order valence-corrected chi connectivity index (χ1v) is 6.58. The summed E-state index contributed by atoms with van der Waals surface area (Å²) < 4.78 is 4.99. The molecule has 1 saturated carbocycles. The van der Waals surface area contributed by atoms with E-state index >= 15 is 0 Å². The second-order valence-electron chi connectivity index (χ2n) is 5.56. The maximum atomic E-state index is 12.5. The summed E-state index contributed by atoms with van der Waals surface area (Å²) in [5.74, 6) is -0.0437. The van der Waals surface area contributed by atoms with Crippen LogP contribution in [0.3, 0.4) is 0 Å². The molecule has 1 fully saturated rings. The van der Waals surface area contributed by atoms with Crippen molar-refractivity contribution in [1.82, 2.24) is 9.80 Å². The monoisotopic (exact) mass is 271 g/mol. The number of hydrogen-bond donors (Lipinski definition) is 1. The molecule has 0 spiro atoms. The van der Waals surface area contributed by atoms with Gasteiger partial charge in [-0.2, -0.15) is 0 Å². The number of carbonyl (C=O) groups is 2. The van der Waals surface area contributed by atoms with Crippen LogP contribution in [-0.4, -0.2) is 68.1 Å². The summed E-state index contributed by atoms with van der Waals surface area (Å²) in [6.45, 7) is 2.59. The predicted molar refractivity (Wildman–Crippen MR) is 72.5 cm³/mol. The first kappa shape index (κ1) is 15.9. The highest BCUT2D eigenvalue weighted by molar-refractivity contribution is 5.90. The predicted octanol–water partition coefficient (Wildman–Crippen LogP) is -0.323. The van der Waals surface area contributed by atoms with E-state index in [1.54, 1.807) is 28.1 Å². The van der Waals surface area contributed by atoms with Crippen molar-refractivity contribution in [2.75, 3.05) is 40.9 Å². The SMILES string of the molecule is COCCN(CC(=O)N(C)C)C(=O)C(C)(N)C1CC1. The normalized spacial score (nSPS) is 17.7. The number of methoxy groups -OCH3 is 1. The zero-order chi connectivity index (χ0) is 14.6. The Bertz CT molecular complexity index is 338. The second kappa shape index (κ2) is 6.34. The fourth-order valence-corrected chi connectivity index (χ4v) is 1.96. The van der Waals surface area contributed by atoms with Crippen molar-refractivity contribution >= 4 is 11.8 Å². The molecule has 0 aromatic heterocycles. The molecule has 0 aliphatic heterocycles. The fourth-order valence-electron chi connectivity index (χ4n) is 1.96. The molecule has 0 saturated heterocycles. The summed E-state index contributed by atoms with van der Waals surface area (Å²) in [5, 5.41) is 0. The Morgan fingerprint density at radius 2 is 1.95 bits per heavy atom. The van der Waals surface area contributed by atoms with Gasteiger partial charge in [0.25, 0.3) is 0 Å². The van der Waals surface area contributed by atoms with Gasteiger partial charge in [0.05, 0.1) is 18.7 Å². The molecule has 6 nitrogen and oxygen atoms in total. The lowest BCUT2D eigenvalue weighted by Crippen LogP contribution is -2.57. The molecular weight excluding hydrogens is 246 g/mol. The van der Waals surface area contributed by atoms with Crippen LogP contribution < -0.4 is 5.73 Å². The van der Waals surface area contributed by atoms with Crippen LogP contribution in [0.5, 0.6) is 0 Å². The smallest absolute Gasteiger partial charge is 0.243 e. The van der Waals surface area contributed by atoms with E-state index in [9.17, 15) is 9.59 Å². The summed E-state index contributed by atoms with van der Waals surface area (Å²) >= 11 is 0. The van der Waals surface area contributed by atoms with E-state index in [0.717, 1.165) is 12.8 Å². The van der Waals surface area contributed by atoms with Crippen LogP contribution in [0.1, 0.15) is 19.8 Å². The van der Waals surface area contributed by atoms with Crippen molar-refractivity contribution in [3.05, 3.63) is 0 Å². The average Bonchev–Trinajstić information content (AvgIpc) is 3.17. The van der Waals surface area contributed by atoms with Gasteiger partial charge in [-0.05, 0) is 25.7 Å². The maximum absolute atomic E-state index is 12.5. The summed E-state index contributed by atoms with van der Waals surface area (Å²) in [5.41, 5.74) is 5.26. The molecule has 1 aliphatic rings. The van der Waals surface area contributed by atoms with E-state index in [1.165, 1.54) is 9.80 Å². The van der Waals surface area contributed by atoms with Crippen molar-refractivity contribution in [3.63, 3.8) is 0 Å². The van der Waals surface area contributed by atoms with Gasteiger partial charge in [-0.15, -0.1) is 0 Å². The summed E-state index contributed by atoms with van der Waals surface area (Å²) in [4.78, 5) is 27.2. The van der Waals surface area contributed by atoms with E-state index in [4.69, 9.17) is 10.5 Å². The third-order valence-electron chi connectivity index (χ3n) is 3.56. The maximum Gasteiger partial charge on any atom is 0.243 e. The van der Waals surface area contributed by atoms with Gasteiger partial charge in [-0.3, -0.25) is 9.59 Å². The van der Waals surface area contributed by atoms with E-state index in [1.807, 2.05) is 0 Å². The molecule has 6 heteroatoms. The van der Waals surface area contributed by atoms with Crippen LogP contribution in [0.25, 0.3) is 0 Å². The number of likely N-dealkylation sites (N-methyl/N-ethyl adjacent to an activating group) is 1. The van der Waals surface area contributed by atoms with E-state index in [-0.39, 0.29) is 24.3 Å². The minimum atomic E-state index is -0.875. The number of nitrogens with zero attached hydrogens (tertiary/aromatic N) is 2. The van der Waals surface area contributed by atoms with Gasteiger partial charge >= 0.3 is 0 Å². The van der Waals surface area contributed by atoms with Crippen molar-refractivity contribution in [2.45, 2.75) is 25.3 Å². The number of ether oxygens (including phenoxy) is 1. The van der Waals surface area contributed by atoms with E-state index < -0.39 is 5.54 Å². The molecule has 1 unspecified atom stereocenters. The molecule has 0 aromatic carbocycles. The number of amides is 2. The molecule has 110 valence electrons. The number of nitrogens with two attached hydrogens (primary N) is 1. The molecule has 19 heavy (non-hydrogen) atoms. The van der Waals surface area contributed by atoms with Gasteiger partial charge in [-0.25, -0.2) is 0 Å². The van der Waals surface area contributed by atoms with Crippen molar-refractivity contribution in [2.24, 2.45) is 11.7 Å². The standard InChI is InChI=1S/C13H25N3O3/c1-13(14,10-5-6-10)12(18)16(7-8-19-4)9-11(17)15(2)3/h10H,5-9,14H2,1-4H3. The molecule has 0 bridgehead atoms. The Morgan fingerprint density at radius 3 is 2.37 bits per heavy atom. The molecule has 1 aliphatic carbocycles. The minimum Gasteiger partial charge on any atom is -0.383 e. The van der Waals surface area contributed by atoms with Crippen molar-refractivity contribution in [3.8, 4) is 0 Å². The van der Waals surface area contributed by atoms with Crippen LogP contribution in [0.2, 0.25) is 0 Å². The minimum absolute atomic E-state index is 0.0503. The van der Waals surface area contributed by atoms with Gasteiger partial charge in [0, 0.05) is 27.7 Å². The highest BCUT2D eigenvalue weighted by atomic mass is 16.5. The highest BCUT2D eigenvalue weighted by Crippen LogP contribution is 2.38. The van der Waals surface area contributed by atoms with Crippen LogP contribution in [0, 0.1) is 5.92 Å². The Hall–Kier alpha value is -1.14. The molecule has 2 N–H and O–H groups in total. The topological polar surface area (TPSA) is 75.9 Å². The lowest BCUT2D eigenvalue weighted by Gasteiger charge is -2.32. The fraction of sp³-hybridized carbons (Fsp3) is 0.846. The van der Waals surface area contributed by atoms with Gasteiger partial charge in [0.2, 0.25) is 11.8 Å². The molecule has 0 aromatic rings. The summed E-state index contributed by atoms with van der Waals surface area (Å²) in [7, 11) is 4.91. The largest absolute Gasteiger partial charge is 0.383 e. The van der Waals surface area contributed by atoms with Crippen LogP contribution >= 0.6 is 0 Å². The zero-order valence-corrected chi connectivity index (χ0v) is 12.3. The molecule has 0 radical (unpaired) electrons. The van der Waals surface area contributed by atoms with E-state index in [0.29, 0.717) is 13.2 Å². The summed E-state index contributed by atoms with van der Waals surface area (Å²) in [6, 6.07) is 0. The molecule has 1 rings (SSSR count). The van der Waals surface area contributed by atoms with Crippen molar-refractivity contribution in [1.29, 1.82) is 0 Å². The Kier molecular flexibility index (Phi) is 5.31.